The van der Waals surface area contributed by atoms with Crippen LogP contribution in [0.1, 0.15) is 5.69 Å². The van der Waals surface area contributed by atoms with E-state index in [-0.39, 0.29) is 6.03 Å². The molecule has 2 heterocycles. The number of nitrogens with one attached hydrogen (secondary N) is 1. The van der Waals surface area contributed by atoms with Crippen LogP contribution in [0.3, 0.4) is 0 Å². The molecule has 0 bridgehead atoms. The third kappa shape index (κ3) is 3.30. The predicted octanol–water partition coefficient (Wildman–Crippen LogP) is 1.81. The van der Waals surface area contributed by atoms with Crippen LogP contribution in [0.15, 0.2) is 24.8 Å². The van der Waals surface area contributed by atoms with Crippen LogP contribution in [0.2, 0.25) is 0 Å². The lowest BCUT2D eigenvalue weighted by Gasteiger charge is -2.17. The summed E-state index contributed by atoms with van der Waals surface area (Å²) in [5, 5.41) is 3.58. The SMILES string of the molecule is Cc1cc(NC(=O)N(C)CCn2ccnc2)sn1. The highest BCUT2D eigenvalue weighted by atomic mass is 32.1. The van der Waals surface area contributed by atoms with E-state index in [9.17, 15) is 4.79 Å². The maximum atomic E-state index is 11.9. The molecular weight excluding hydrogens is 250 g/mol. The van der Waals surface area contributed by atoms with Crippen LogP contribution in [0.4, 0.5) is 9.80 Å². The van der Waals surface area contributed by atoms with Crippen LogP contribution in [0.25, 0.3) is 0 Å². The second-order valence-corrected chi connectivity index (χ2v) is 4.79. The van der Waals surface area contributed by atoms with Gasteiger partial charge in [0.25, 0.3) is 0 Å². The van der Waals surface area contributed by atoms with Crippen LogP contribution >= 0.6 is 11.5 Å². The minimum Gasteiger partial charge on any atom is -0.336 e. The third-order valence-corrected chi connectivity index (χ3v) is 3.25. The van der Waals surface area contributed by atoms with Crippen molar-refractivity contribution in [3.63, 3.8) is 0 Å². The smallest absolute Gasteiger partial charge is 0.322 e. The van der Waals surface area contributed by atoms with E-state index in [0.717, 1.165) is 17.2 Å². The van der Waals surface area contributed by atoms with Crippen molar-refractivity contribution < 1.29 is 4.79 Å². The number of imidazole rings is 1. The Kier molecular flexibility index (Phi) is 3.93. The second kappa shape index (κ2) is 5.63. The summed E-state index contributed by atoms with van der Waals surface area (Å²) in [7, 11) is 1.76. The molecule has 0 spiro atoms. The fraction of sp³-hybridized carbons (Fsp3) is 0.364. The molecule has 0 unspecified atom stereocenters. The summed E-state index contributed by atoms with van der Waals surface area (Å²) in [6.07, 6.45) is 5.33. The molecule has 6 nitrogen and oxygen atoms in total. The van der Waals surface area contributed by atoms with Gasteiger partial charge in [-0.05, 0) is 24.5 Å². The lowest BCUT2D eigenvalue weighted by molar-refractivity contribution is 0.221. The number of amides is 2. The Morgan fingerprint density at radius 2 is 2.44 bits per heavy atom. The number of carbonyl (C=O) groups is 1. The molecular formula is C11H15N5OS. The molecule has 2 aromatic heterocycles. The van der Waals surface area contributed by atoms with Gasteiger partial charge in [0.1, 0.15) is 5.00 Å². The molecule has 0 fully saturated rings. The molecule has 0 saturated heterocycles. The van der Waals surface area contributed by atoms with Crippen molar-refractivity contribution >= 4 is 22.6 Å². The quantitative estimate of drug-likeness (QED) is 0.917. The average Bonchev–Trinajstić information content (AvgIpc) is 2.97. The summed E-state index contributed by atoms with van der Waals surface area (Å²) in [5.74, 6) is 0. The van der Waals surface area contributed by atoms with Gasteiger partial charge in [-0.2, -0.15) is 4.37 Å². The number of aryl methyl sites for hydroxylation is 1. The molecule has 7 heteroatoms. The largest absolute Gasteiger partial charge is 0.336 e. The number of carbonyl (C=O) groups excluding carboxylic acids is 1. The van der Waals surface area contributed by atoms with E-state index < -0.39 is 0 Å². The standard InChI is InChI=1S/C11H15N5OS/c1-9-7-10(18-14-9)13-11(17)15(2)5-6-16-4-3-12-8-16/h3-4,7-8H,5-6H2,1-2H3,(H,13,17). The first kappa shape index (κ1) is 12.6. The van der Waals surface area contributed by atoms with E-state index in [0.29, 0.717) is 6.54 Å². The van der Waals surface area contributed by atoms with Gasteiger partial charge in [-0.25, -0.2) is 9.78 Å². The van der Waals surface area contributed by atoms with E-state index in [1.165, 1.54) is 11.5 Å². The van der Waals surface area contributed by atoms with Gasteiger partial charge in [0, 0.05) is 32.5 Å². The van der Waals surface area contributed by atoms with Gasteiger partial charge in [-0.3, -0.25) is 5.32 Å². The monoisotopic (exact) mass is 265 g/mol. The average molecular weight is 265 g/mol. The molecule has 1 N–H and O–H groups in total. The number of aromatic nitrogens is 3. The summed E-state index contributed by atoms with van der Waals surface area (Å²) in [4.78, 5) is 17.4. The van der Waals surface area contributed by atoms with Gasteiger partial charge in [0.05, 0.1) is 12.0 Å². The summed E-state index contributed by atoms with van der Waals surface area (Å²) < 4.78 is 6.04. The van der Waals surface area contributed by atoms with E-state index in [4.69, 9.17) is 0 Å². The Balaban J connectivity index is 1.81. The van der Waals surface area contributed by atoms with Crippen LogP contribution in [0.5, 0.6) is 0 Å². The van der Waals surface area contributed by atoms with Crippen LogP contribution < -0.4 is 5.32 Å². The van der Waals surface area contributed by atoms with Crippen molar-refractivity contribution in [2.45, 2.75) is 13.5 Å². The number of hydrogen-bond acceptors (Lipinski definition) is 4. The van der Waals surface area contributed by atoms with Crippen LogP contribution in [0, 0.1) is 6.92 Å². The maximum absolute atomic E-state index is 11.9. The molecule has 0 aromatic carbocycles. The molecule has 0 aliphatic rings. The topological polar surface area (TPSA) is 63.1 Å². The van der Waals surface area contributed by atoms with Crippen molar-refractivity contribution in [1.29, 1.82) is 0 Å². The van der Waals surface area contributed by atoms with Crippen molar-refractivity contribution in [3.8, 4) is 0 Å². The third-order valence-electron chi connectivity index (χ3n) is 2.46. The second-order valence-electron chi connectivity index (χ2n) is 3.98. The first-order valence-electron chi connectivity index (χ1n) is 5.56. The molecule has 2 aromatic rings. The number of anilines is 1. The summed E-state index contributed by atoms with van der Waals surface area (Å²) in [5.41, 5.74) is 0.913. The number of hydrogen-bond donors (Lipinski definition) is 1. The highest BCUT2D eigenvalue weighted by Crippen LogP contribution is 2.15. The minimum absolute atomic E-state index is 0.126. The lowest BCUT2D eigenvalue weighted by atomic mass is 10.5. The van der Waals surface area contributed by atoms with Crippen molar-refractivity contribution in [3.05, 3.63) is 30.5 Å². The van der Waals surface area contributed by atoms with Gasteiger partial charge < -0.3 is 9.47 Å². The Labute approximate surface area is 109 Å². The zero-order chi connectivity index (χ0) is 13.0. The fourth-order valence-corrected chi connectivity index (χ4v) is 2.06. The molecule has 2 amide bonds. The lowest BCUT2D eigenvalue weighted by Crippen LogP contribution is -2.33. The molecule has 96 valence electrons. The summed E-state index contributed by atoms with van der Waals surface area (Å²) in [6, 6.07) is 1.73. The fourth-order valence-electron chi connectivity index (χ4n) is 1.41. The number of rotatable bonds is 4. The van der Waals surface area contributed by atoms with E-state index in [1.54, 1.807) is 24.5 Å². The van der Waals surface area contributed by atoms with E-state index >= 15 is 0 Å². The van der Waals surface area contributed by atoms with E-state index in [2.05, 4.69) is 14.7 Å². The van der Waals surface area contributed by atoms with Gasteiger partial charge in [-0.1, -0.05) is 0 Å². The zero-order valence-electron chi connectivity index (χ0n) is 10.3. The number of urea groups is 1. The summed E-state index contributed by atoms with van der Waals surface area (Å²) >= 11 is 1.29. The van der Waals surface area contributed by atoms with Gasteiger partial charge in [0.2, 0.25) is 0 Å². The molecule has 0 radical (unpaired) electrons. The van der Waals surface area contributed by atoms with Crippen LogP contribution in [-0.2, 0) is 6.54 Å². The van der Waals surface area contributed by atoms with Crippen LogP contribution in [-0.4, -0.2) is 38.4 Å². The first-order chi connectivity index (χ1) is 8.65. The normalized spacial score (nSPS) is 10.3. The molecule has 18 heavy (non-hydrogen) atoms. The Hall–Kier alpha value is -1.89. The predicted molar refractivity (Wildman–Crippen MR) is 70.7 cm³/mol. The molecule has 0 aliphatic heterocycles. The molecule has 2 rings (SSSR count). The minimum atomic E-state index is -0.126. The summed E-state index contributed by atoms with van der Waals surface area (Å²) in [6.45, 7) is 3.25. The Morgan fingerprint density at radius 1 is 1.61 bits per heavy atom. The Bertz CT molecular complexity index is 507. The van der Waals surface area contributed by atoms with Crippen molar-refractivity contribution in [2.75, 3.05) is 18.9 Å². The maximum Gasteiger partial charge on any atom is 0.322 e. The highest BCUT2D eigenvalue weighted by Gasteiger charge is 2.09. The molecule has 0 aliphatic carbocycles. The van der Waals surface area contributed by atoms with Crippen molar-refractivity contribution in [2.24, 2.45) is 0 Å². The van der Waals surface area contributed by atoms with Gasteiger partial charge in [-0.15, -0.1) is 0 Å². The molecule has 0 saturated carbocycles. The zero-order valence-corrected chi connectivity index (χ0v) is 11.1. The molecule has 0 atom stereocenters. The highest BCUT2D eigenvalue weighted by molar-refractivity contribution is 7.10. The van der Waals surface area contributed by atoms with Gasteiger partial charge >= 0.3 is 6.03 Å². The van der Waals surface area contributed by atoms with Gasteiger partial charge in [0.15, 0.2) is 0 Å². The van der Waals surface area contributed by atoms with E-state index in [1.807, 2.05) is 23.8 Å². The number of nitrogens with zero attached hydrogens (tertiary/aromatic N) is 4. The first-order valence-corrected chi connectivity index (χ1v) is 6.33. The number of likely N-dealkylation sites (N-methyl/N-ethyl adjacent to an activating group) is 1. The van der Waals surface area contributed by atoms with Crippen molar-refractivity contribution in [1.82, 2.24) is 18.8 Å². The Morgan fingerprint density at radius 3 is 3.06 bits per heavy atom.